The number of ketones is 1. The zero-order valence-electron chi connectivity index (χ0n) is 18.8. The standard InChI is InChI=1S/C19H28F2N6O6/c1-10(2)16(24-18(31)13-9-27(6-5-20)26-25-13)19(32)22-11(3)17(30)23-12(14(28)8-21)7-15(29)33-4/h9-12,16H,5-8H2,1-4H3,(H,22,32)(H,23,30)(H,24,31)/t11-,12?,16-/m0/s1/i20-1. The van der Waals surface area contributed by atoms with Crippen molar-refractivity contribution in [1.82, 2.24) is 30.9 Å². The Balaban J connectivity index is 2.79. The predicted octanol–water partition coefficient (Wildman–Crippen LogP) is -0.907. The summed E-state index contributed by atoms with van der Waals surface area (Å²) < 4.78 is 30.7. The quantitative estimate of drug-likeness (QED) is 0.310. The summed E-state index contributed by atoms with van der Waals surface area (Å²) in [6.45, 7) is 2.44. The highest BCUT2D eigenvalue weighted by atomic mass is 19.1. The molecular weight excluding hydrogens is 445 g/mol. The third-order valence-corrected chi connectivity index (χ3v) is 4.51. The largest absolute Gasteiger partial charge is 0.469 e. The molecule has 3 atom stereocenters. The number of Topliss-reactive ketones (excluding diaryl/α,β-unsaturated/α-hetero) is 1. The first-order chi connectivity index (χ1) is 15.5. The van der Waals surface area contributed by atoms with Gasteiger partial charge in [-0.25, -0.2) is 13.5 Å². The maximum absolute atomic E-state index is 12.8. The van der Waals surface area contributed by atoms with Gasteiger partial charge in [-0.2, -0.15) is 0 Å². The molecule has 0 fully saturated rings. The molecule has 0 spiro atoms. The molecule has 0 bridgehead atoms. The Morgan fingerprint density at radius 2 is 1.73 bits per heavy atom. The minimum absolute atomic E-state index is 0.0805. The highest BCUT2D eigenvalue weighted by Gasteiger charge is 2.30. The van der Waals surface area contributed by atoms with Crippen molar-refractivity contribution in [1.29, 1.82) is 0 Å². The van der Waals surface area contributed by atoms with Gasteiger partial charge in [-0.15, -0.1) is 5.10 Å². The molecule has 1 aromatic heterocycles. The number of nitrogens with one attached hydrogen (secondary N) is 3. The van der Waals surface area contributed by atoms with Crippen molar-refractivity contribution in [2.45, 2.75) is 51.9 Å². The van der Waals surface area contributed by atoms with Crippen LogP contribution in [0.5, 0.6) is 0 Å². The number of methoxy groups -OCH3 is 1. The summed E-state index contributed by atoms with van der Waals surface area (Å²) in [6, 6.07) is -3.71. The molecule has 3 N–H and O–H groups in total. The Hall–Kier alpha value is -3.45. The fourth-order valence-electron chi connectivity index (χ4n) is 2.60. The highest BCUT2D eigenvalue weighted by Crippen LogP contribution is 2.05. The van der Waals surface area contributed by atoms with E-state index >= 15 is 0 Å². The first kappa shape index (κ1) is 27.6. The molecule has 184 valence electrons. The van der Waals surface area contributed by atoms with Crippen LogP contribution in [-0.4, -0.2) is 83.1 Å². The molecule has 0 saturated heterocycles. The van der Waals surface area contributed by atoms with Crippen LogP contribution in [0.2, 0.25) is 0 Å². The molecule has 3 amide bonds. The summed E-state index contributed by atoms with van der Waals surface area (Å²) in [6.07, 6.45) is 0.656. The number of carbonyl (C=O) groups is 5. The van der Waals surface area contributed by atoms with Crippen LogP contribution in [0.3, 0.4) is 0 Å². The van der Waals surface area contributed by atoms with Gasteiger partial charge in [-0.05, 0) is 12.8 Å². The van der Waals surface area contributed by atoms with Crippen molar-refractivity contribution in [2.75, 3.05) is 20.5 Å². The third-order valence-electron chi connectivity index (χ3n) is 4.51. The lowest BCUT2D eigenvalue weighted by atomic mass is 10.0. The monoisotopic (exact) mass is 473 g/mol. The van der Waals surface area contributed by atoms with Crippen molar-refractivity contribution in [3.05, 3.63) is 11.9 Å². The molecule has 1 rings (SSSR count). The molecule has 0 aliphatic carbocycles. The topological polar surface area (TPSA) is 161 Å². The van der Waals surface area contributed by atoms with Crippen LogP contribution in [0.15, 0.2) is 6.20 Å². The van der Waals surface area contributed by atoms with Crippen molar-refractivity contribution in [3.8, 4) is 0 Å². The van der Waals surface area contributed by atoms with Gasteiger partial charge in [0, 0.05) is 0 Å². The Labute approximate surface area is 188 Å². The predicted molar refractivity (Wildman–Crippen MR) is 109 cm³/mol. The van der Waals surface area contributed by atoms with Crippen LogP contribution in [-0.2, 0) is 30.5 Å². The summed E-state index contributed by atoms with van der Waals surface area (Å²) >= 11 is 0. The number of alkyl halides is 2. The Bertz CT molecular complexity index is 862. The second-order valence-electron chi connectivity index (χ2n) is 7.42. The number of amides is 3. The van der Waals surface area contributed by atoms with Crippen LogP contribution in [0, 0.1) is 5.92 Å². The maximum Gasteiger partial charge on any atom is 0.308 e. The molecule has 0 aromatic carbocycles. The van der Waals surface area contributed by atoms with E-state index in [1.165, 1.54) is 13.1 Å². The first-order valence-electron chi connectivity index (χ1n) is 10.1. The second-order valence-corrected chi connectivity index (χ2v) is 7.42. The fourth-order valence-corrected chi connectivity index (χ4v) is 2.60. The average molecular weight is 473 g/mol. The van der Waals surface area contributed by atoms with E-state index in [1.54, 1.807) is 13.8 Å². The molecule has 0 aliphatic heterocycles. The smallest absolute Gasteiger partial charge is 0.308 e. The Morgan fingerprint density at radius 1 is 1.06 bits per heavy atom. The van der Waals surface area contributed by atoms with Crippen molar-refractivity contribution >= 4 is 29.5 Å². The van der Waals surface area contributed by atoms with Crippen molar-refractivity contribution < 1.29 is 37.5 Å². The van der Waals surface area contributed by atoms with Crippen LogP contribution >= 0.6 is 0 Å². The van der Waals surface area contributed by atoms with Crippen LogP contribution in [0.25, 0.3) is 0 Å². The molecular formula is C19H28F2N6O6. The minimum Gasteiger partial charge on any atom is -0.469 e. The van der Waals surface area contributed by atoms with Crippen LogP contribution in [0.1, 0.15) is 37.7 Å². The first-order valence-corrected chi connectivity index (χ1v) is 10.1. The van der Waals surface area contributed by atoms with Crippen molar-refractivity contribution in [3.63, 3.8) is 0 Å². The number of nitrogens with zero attached hydrogens (tertiary/aromatic N) is 3. The summed E-state index contributed by atoms with van der Waals surface area (Å²) in [5, 5.41) is 14.3. The SMILES string of the molecule is COC(=O)CC(NC(=O)[C@H](C)NC(=O)[C@@H](NC(=O)c1cn(CC[18F])nn1)C(C)C)C(=O)CF. The number of ether oxygens (including phenoxy) is 1. The van der Waals surface area contributed by atoms with Gasteiger partial charge in [0.05, 0.1) is 26.3 Å². The van der Waals surface area contributed by atoms with E-state index < -0.39 is 73.3 Å². The lowest BCUT2D eigenvalue weighted by molar-refractivity contribution is -0.143. The van der Waals surface area contributed by atoms with E-state index in [2.05, 4.69) is 31.0 Å². The van der Waals surface area contributed by atoms with Gasteiger partial charge < -0.3 is 20.7 Å². The lowest BCUT2D eigenvalue weighted by Gasteiger charge is -2.24. The van der Waals surface area contributed by atoms with Gasteiger partial charge in [0.1, 0.15) is 31.5 Å². The number of esters is 1. The number of hydrogen-bond acceptors (Lipinski definition) is 8. The lowest BCUT2D eigenvalue weighted by Crippen LogP contribution is -2.56. The zero-order valence-corrected chi connectivity index (χ0v) is 18.8. The fraction of sp³-hybridized carbons (Fsp3) is 0.632. The van der Waals surface area contributed by atoms with Crippen LogP contribution in [0.4, 0.5) is 8.78 Å². The number of hydrogen-bond donors (Lipinski definition) is 3. The van der Waals surface area contributed by atoms with E-state index in [9.17, 15) is 32.8 Å². The number of aryl methyl sites for hydroxylation is 1. The van der Waals surface area contributed by atoms with Gasteiger partial charge in [-0.3, -0.25) is 24.0 Å². The maximum atomic E-state index is 12.8. The van der Waals surface area contributed by atoms with E-state index in [0.29, 0.717) is 0 Å². The Morgan fingerprint density at radius 3 is 2.27 bits per heavy atom. The van der Waals surface area contributed by atoms with E-state index in [4.69, 9.17) is 0 Å². The summed E-state index contributed by atoms with van der Waals surface area (Å²) in [7, 11) is 1.08. The van der Waals surface area contributed by atoms with Crippen molar-refractivity contribution in [2.24, 2.45) is 5.92 Å². The average Bonchev–Trinajstić information content (AvgIpc) is 3.24. The van der Waals surface area contributed by atoms with Gasteiger partial charge >= 0.3 is 5.97 Å². The van der Waals surface area contributed by atoms with Gasteiger partial charge in [0.15, 0.2) is 11.5 Å². The number of aromatic nitrogens is 3. The summed E-state index contributed by atoms with van der Waals surface area (Å²) in [4.78, 5) is 60.5. The second kappa shape index (κ2) is 13.2. The molecule has 1 aromatic rings. The molecule has 33 heavy (non-hydrogen) atoms. The van der Waals surface area contributed by atoms with E-state index in [1.807, 2.05) is 0 Å². The molecule has 0 radical (unpaired) electrons. The minimum atomic E-state index is -1.46. The Kier molecular flexibility index (Phi) is 11.0. The third kappa shape index (κ3) is 8.54. The molecule has 14 heteroatoms. The molecule has 12 nitrogen and oxygen atoms in total. The number of halogens is 2. The number of carbonyl (C=O) groups excluding carboxylic acids is 5. The van der Waals surface area contributed by atoms with Gasteiger partial charge in [0.25, 0.3) is 5.91 Å². The molecule has 0 aliphatic rings. The zero-order chi connectivity index (χ0) is 25.1. The molecule has 1 unspecified atom stereocenters. The number of rotatable bonds is 13. The van der Waals surface area contributed by atoms with E-state index in [0.717, 1.165) is 11.8 Å². The summed E-state index contributed by atoms with van der Waals surface area (Å²) in [5.41, 5.74) is -0.122. The van der Waals surface area contributed by atoms with E-state index in [-0.39, 0.29) is 12.2 Å². The molecule has 1 heterocycles. The van der Waals surface area contributed by atoms with Gasteiger partial charge in [0.2, 0.25) is 11.8 Å². The highest BCUT2D eigenvalue weighted by molar-refractivity contribution is 5.98. The van der Waals surface area contributed by atoms with Gasteiger partial charge in [-0.1, -0.05) is 19.1 Å². The molecule has 0 saturated carbocycles. The normalized spacial score (nSPS) is 13.5. The van der Waals surface area contributed by atoms with Crippen LogP contribution < -0.4 is 16.0 Å². The summed E-state index contributed by atoms with van der Waals surface area (Å²) in [5.74, 6) is -4.53.